The number of sulfone groups is 1. The minimum absolute atomic E-state index is 0.00867. The average molecular weight is 579 g/mol. The van der Waals surface area contributed by atoms with E-state index in [0.29, 0.717) is 38.2 Å². The topological polar surface area (TPSA) is 85.4 Å². The fourth-order valence-corrected chi connectivity index (χ4v) is 8.77. The van der Waals surface area contributed by atoms with Crippen LogP contribution >= 0.6 is 11.6 Å². The third kappa shape index (κ3) is 5.83. The number of amides is 1. The number of aromatic nitrogens is 1. The van der Waals surface area contributed by atoms with Crippen LogP contribution in [0.15, 0.2) is 59.6 Å². The Kier molecular flexibility index (Phi) is 7.98. The molecule has 1 N–H and O–H groups in total. The van der Waals surface area contributed by atoms with Crippen LogP contribution in [-0.4, -0.2) is 31.2 Å². The summed E-state index contributed by atoms with van der Waals surface area (Å²) in [5, 5.41) is 1.64. The normalized spacial score (nSPS) is 22.6. The summed E-state index contributed by atoms with van der Waals surface area (Å²) >= 11 is 6.32. The van der Waals surface area contributed by atoms with Crippen LogP contribution in [0.3, 0.4) is 0 Å². The summed E-state index contributed by atoms with van der Waals surface area (Å²) in [6.45, 7) is 0.924. The van der Waals surface area contributed by atoms with Crippen LogP contribution in [0.1, 0.15) is 41.7 Å². The van der Waals surface area contributed by atoms with Gasteiger partial charge in [-0.15, -0.1) is 0 Å². The molecule has 0 saturated heterocycles. The van der Waals surface area contributed by atoms with Crippen LogP contribution < -0.4 is 5.32 Å². The molecule has 1 heterocycles. The Labute approximate surface area is 229 Å². The van der Waals surface area contributed by atoms with Gasteiger partial charge < -0.3 is 10.1 Å². The fourth-order valence-electron chi connectivity index (χ4n) is 5.89. The monoisotopic (exact) mass is 578 g/mol. The Hall–Kier alpha value is -2.95. The lowest BCUT2D eigenvalue weighted by molar-refractivity contribution is 0.0609. The molecule has 6 nitrogen and oxygen atoms in total. The lowest BCUT2D eigenvalue weighted by atomic mass is 9.81. The van der Waals surface area contributed by atoms with Crippen molar-refractivity contribution in [3.05, 3.63) is 88.5 Å². The van der Waals surface area contributed by atoms with E-state index in [2.05, 4.69) is 10.3 Å². The van der Waals surface area contributed by atoms with Crippen LogP contribution in [0.2, 0.25) is 5.02 Å². The van der Waals surface area contributed by atoms with Gasteiger partial charge in [0.25, 0.3) is 5.91 Å². The number of nitrogens with zero attached hydrogens (tertiary/aromatic N) is 1. The molecule has 0 spiro atoms. The number of anilines is 1. The molecule has 2 fully saturated rings. The molecule has 2 aromatic carbocycles. The summed E-state index contributed by atoms with van der Waals surface area (Å²) < 4.78 is 73.9. The van der Waals surface area contributed by atoms with Gasteiger partial charge in [-0.3, -0.25) is 9.78 Å². The van der Waals surface area contributed by atoms with Crippen LogP contribution in [0.4, 0.5) is 18.9 Å². The molecule has 2 aliphatic rings. The number of pyridine rings is 1. The van der Waals surface area contributed by atoms with Crippen LogP contribution in [0.5, 0.6) is 0 Å². The molecule has 0 radical (unpaired) electrons. The maximum atomic E-state index is 13.8. The second-order valence-electron chi connectivity index (χ2n) is 10.1. The summed E-state index contributed by atoms with van der Waals surface area (Å²) in [5.74, 6) is -5.27. The quantitative estimate of drug-likeness (QED) is 0.322. The molecule has 4 atom stereocenters. The number of hydrogen-bond acceptors (Lipinski definition) is 5. The Morgan fingerprint density at radius 2 is 1.72 bits per heavy atom. The van der Waals surface area contributed by atoms with Gasteiger partial charge in [-0.05, 0) is 73.8 Å². The summed E-state index contributed by atoms with van der Waals surface area (Å²) in [7, 11) is -3.90. The van der Waals surface area contributed by atoms with Crippen molar-refractivity contribution >= 4 is 33.0 Å². The van der Waals surface area contributed by atoms with Gasteiger partial charge in [0.05, 0.1) is 27.5 Å². The van der Waals surface area contributed by atoms with Crippen LogP contribution in [0, 0.1) is 35.2 Å². The number of nitrogens with one attached hydrogen (secondary N) is 1. The second kappa shape index (κ2) is 11.3. The highest BCUT2D eigenvalue weighted by molar-refractivity contribution is 7.92. The number of carbonyl (C=O) groups excluding carboxylic acids is 1. The third-order valence-corrected chi connectivity index (χ3v) is 10.4. The first kappa shape index (κ1) is 27.6. The fraction of sp³-hybridized carbons (Fsp3) is 0.357. The molecule has 2 aliphatic carbocycles. The zero-order valence-corrected chi connectivity index (χ0v) is 22.3. The van der Waals surface area contributed by atoms with Crippen molar-refractivity contribution < 1.29 is 31.1 Å². The van der Waals surface area contributed by atoms with Crippen molar-refractivity contribution in [1.82, 2.24) is 4.98 Å². The van der Waals surface area contributed by atoms with E-state index in [1.165, 1.54) is 18.2 Å². The third-order valence-electron chi connectivity index (χ3n) is 7.54. The SMILES string of the molecule is O=C(Nc1cc(F)c(F)c(F)c1)c1ccc(Cl)c(S(=O)(=O)C2C3CC[C@H]2CC(COCc2ccccn2)C3)c1. The summed E-state index contributed by atoms with van der Waals surface area (Å²) in [6.07, 6.45) is 4.70. The number of halogens is 4. The number of carbonyl (C=O) groups is 1. The number of ether oxygens (including phenoxy) is 1. The number of fused-ring (bicyclic) bond motifs is 2. The maximum Gasteiger partial charge on any atom is 0.255 e. The van der Waals surface area contributed by atoms with E-state index in [0.717, 1.165) is 18.5 Å². The van der Waals surface area contributed by atoms with Gasteiger partial charge in [-0.1, -0.05) is 17.7 Å². The van der Waals surface area contributed by atoms with E-state index < -0.39 is 38.4 Å². The van der Waals surface area contributed by atoms with E-state index in [4.69, 9.17) is 16.3 Å². The summed E-state index contributed by atoms with van der Waals surface area (Å²) in [4.78, 5) is 16.9. The molecule has 0 aliphatic heterocycles. The Morgan fingerprint density at radius 3 is 2.36 bits per heavy atom. The van der Waals surface area contributed by atoms with Crippen molar-refractivity contribution in [1.29, 1.82) is 0 Å². The van der Waals surface area contributed by atoms with Crippen molar-refractivity contribution in [3.63, 3.8) is 0 Å². The molecule has 3 aromatic rings. The average Bonchev–Trinajstić information content (AvgIpc) is 3.19. The molecule has 3 unspecified atom stereocenters. The highest BCUT2D eigenvalue weighted by atomic mass is 35.5. The molecule has 5 rings (SSSR count). The lowest BCUT2D eigenvalue weighted by Gasteiger charge is -2.35. The highest BCUT2D eigenvalue weighted by Gasteiger charge is 2.50. The summed E-state index contributed by atoms with van der Waals surface area (Å²) in [5.41, 5.74) is 0.467. The number of rotatable bonds is 8. The van der Waals surface area contributed by atoms with Gasteiger partial charge in [-0.2, -0.15) is 0 Å². The number of hydrogen-bond donors (Lipinski definition) is 1. The Morgan fingerprint density at radius 1 is 1.03 bits per heavy atom. The van der Waals surface area contributed by atoms with E-state index in [-0.39, 0.29) is 38.9 Å². The van der Waals surface area contributed by atoms with Gasteiger partial charge in [0.15, 0.2) is 27.3 Å². The molecule has 2 bridgehead atoms. The number of benzene rings is 2. The molecular weight excluding hydrogens is 553 g/mol. The highest BCUT2D eigenvalue weighted by Crippen LogP contribution is 2.50. The molecule has 206 valence electrons. The maximum absolute atomic E-state index is 13.8. The van der Waals surface area contributed by atoms with Crippen LogP contribution in [0.25, 0.3) is 0 Å². The zero-order chi connectivity index (χ0) is 27.7. The predicted molar refractivity (Wildman–Crippen MR) is 140 cm³/mol. The lowest BCUT2D eigenvalue weighted by Crippen LogP contribution is -2.38. The van der Waals surface area contributed by atoms with Crippen molar-refractivity contribution in [2.45, 2.75) is 42.4 Å². The zero-order valence-electron chi connectivity index (χ0n) is 20.7. The van der Waals surface area contributed by atoms with E-state index in [1.54, 1.807) is 6.20 Å². The van der Waals surface area contributed by atoms with E-state index >= 15 is 0 Å². The van der Waals surface area contributed by atoms with Gasteiger partial charge in [0.2, 0.25) is 0 Å². The summed E-state index contributed by atoms with van der Waals surface area (Å²) in [6, 6.07) is 10.7. The van der Waals surface area contributed by atoms with Crippen LogP contribution in [-0.2, 0) is 21.2 Å². The van der Waals surface area contributed by atoms with E-state index in [9.17, 15) is 26.4 Å². The van der Waals surface area contributed by atoms with Crippen molar-refractivity contribution in [2.75, 3.05) is 11.9 Å². The molecule has 39 heavy (non-hydrogen) atoms. The molecular formula is C28H26ClF3N2O4S. The predicted octanol–water partition coefficient (Wildman–Crippen LogP) is 6.20. The largest absolute Gasteiger partial charge is 0.375 e. The smallest absolute Gasteiger partial charge is 0.255 e. The first-order valence-electron chi connectivity index (χ1n) is 12.6. The van der Waals surface area contributed by atoms with Gasteiger partial charge in [0.1, 0.15) is 0 Å². The van der Waals surface area contributed by atoms with Crippen molar-refractivity contribution in [3.8, 4) is 0 Å². The van der Waals surface area contributed by atoms with Gasteiger partial charge in [0, 0.05) is 36.2 Å². The minimum Gasteiger partial charge on any atom is -0.375 e. The van der Waals surface area contributed by atoms with Gasteiger partial charge >= 0.3 is 0 Å². The Bertz CT molecular complexity index is 1450. The second-order valence-corrected chi connectivity index (χ2v) is 12.6. The molecule has 1 aromatic heterocycles. The molecule has 11 heteroatoms. The standard InChI is InChI=1S/C28H26ClF3N2O4S/c29-22-7-6-19(28(35)34-21-12-23(30)26(32)24(31)13-21)11-25(22)39(36,37)27-17-4-5-18(27)10-16(9-17)14-38-15-20-3-1-2-8-33-20/h1-3,6-8,11-13,16-18,27H,4-5,9-10,14-15H2,(H,34,35)/t16?,17-,18?,27?/m0/s1. The Balaban J connectivity index is 1.29. The van der Waals surface area contributed by atoms with Crippen molar-refractivity contribution in [2.24, 2.45) is 17.8 Å². The first-order valence-corrected chi connectivity index (χ1v) is 14.5. The minimum atomic E-state index is -3.90. The van der Waals surface area contributed by atoms with Gasteiger partial charge in [-0.25, -0.2) is 21.6 Å². The first-order chi connectivity index (χ1) is 18.6. The van der Waals surface area contributed by atoms with E-state index in [1.807, 2.05) is 18.2 Å². The molecule has 2 saturated carbocycles. The molecule has 1 amide bonds.